The van der Waals surface area contributed by atoms with E-state index in [0.717, 1.165) is 5.69 Å². The third kappa shape index (κ3) is 5.92. The Morgan fingerprint density at radius 1 is 1.46 bits per heavy atom. The molecule has 1 aromatic heterocycles. The van der Waals surface area contributed by atoms with E-state index < -0.39 is 0 Å². The van der Waals surface area contributed by atoms with Crippen LogP contribution in [0.2, 0.25) is 0 Å². The van der Waals surface area contributed by atoms with Crippen molar-refractivity contribution in [3.8, 4) is 0 Å². The van der Waals surface area contributed by atoms with E-state index in [2.05, 4.69) is 10.3 Å². The normalized spacial score (nSPS) is 18.0. The van der Waals surface area contributed by atoms with Crippen molar-refractivity contribution in [2.45, 2.75) is 39.2 Å². The number of likely N-dealkylation sites (tertiary alicyclic amines) is 1. The fourth-order valence-electron chi connectivity index (χ4n) is 2.75. The number of carbonyl (C=O) groups is 2. The number of nitrogens with one attached hydrogen (secondary N) is 1. The van der Waals surface area contributed by atoms with Crippen LogP contribution in [0.25, 0.3) is 0 Å². The monoisotopic (exact) mass is 333 g/mol. The van der Waals surface area contributed by atoms with Gasteiger partial charge in [0.25, 0.3) is 0 Å². The van der Waals surface area contributed by atoms with Crippen molar-refractivity contribution in [3.05, 3.63) is 30.1 Å². The molecule has 0 radical (unpaired) electrons. The molecule has 1 aliphatic rings. The second kappa shape index (κ2) is 9.37. The number of rotatable bonds is 8. The number of pyridine rings is 1. The number of amides is 2. The summed E-state index contributed by atoms with van der Waals surface area (Å²) in [6.07, 6.45) is 3.68. The van der Waals surface area contributed by atoms with Gasteiger partial charge in [0.05, 0.1) is 18.6 Å². The van der Waals surface area contributed by atoms with Gasteiger partial charge in [-0.2, -0.15) is 0 Å². The van der Waals surface area contributed by atoms with Gasteiger partial charge < -0.3 is 15.0 Å². The van der Waals surface area contributed by atoms with Gasteiger partial charge in [0, 0.05) is 44.4 Å². The average Bonchev–Trinajstić information content (AvgIpc) is 2.58. The lowest BCUT2D eigenvalue weighted by Gasteiger charge is -2.32. The molecule has 1 atom stereocenters. The zero-order valence-corrected chi connectivity index (χ0v) is 14.5. The molecule has 1 aromatic rings. The number of piperidine rings is 1. The molecule has 1 N–H and O–H groups in total. The van der Waals surface area contributed by atoms with Crippen molar-refractivity contribution in [2.24, 2.45) is 5.92 Å². The number of aromatic nitrogens is 1. The number of carbonyl (C=O) groups excluding carboxylic acids is 2. The van der Waals surface area contributed by atoms with Gasteiger partial charge in [0.2, 0.25) is 11.8 Å². The smallest absolute Gasteiger partial charge is 0.224 e. The van der Waals surface area contributed by atoms with E-state index in [4.69, 9.17) is 4.74 Å². The summed E-state index contributed by atoms with van der Waals surface area (Å²) in [4.78, 5) is 30.4. The first-order valence-corrected chi connectivity index (χ1v) is 8.63. The van der Waals surface area contributed by atoms with Crippen LogP contribution >= 0.6 is 0 Å². The first-order valence-electron chi connectivity index (χ1n) is 8.63. The molecule has 0 aliphatic carbocycles. The molecule has 0 spiro atoms. The summed E-state index contributed by atoms with van der Waals surface area (Å²) in [6, 6.07) is 5.77. The second-order valence-electron chi connectivity index (χ2n) is 6.36. The minimum absolute atomic E-state index is 0.0118. The van der Waals surface area contributed by atoms with Gasteiger partial charge in [-0.15, -0.1) is 0 Å². The summed E-state index contributed by atoms with van der Waals surface area (Å²) < 4.78 is 5.42. The van der Waals surface area contributed by atoms with Crippen molar-refractivity contribution < 1.29 is 14.3 Å². The molecular formula is C18H27N3O3. The maximum Gasteiger partial charge on any atom is 0.224 e. The molecule has 6 nitrogen and oxygen atoms in total. The van der Waals surface area contributed by atoms with Crippen molar-refractivity contribution in [1.29, 1.82) is 0 Å². The summed E-state index contributed by atoms with van der Waals surface area (Å²) in [7, 11) is 0. The van der Waals surface area contributed by atoms with E-state index in [1.54, 1.807) is 11.1 Å². The maximum absolute atomic E-state index is 12.3. The molecule has 0 aromatic carbocycles. The van der Waals surface area contributed by atoms with Crippen LogP contribution in [0.3, 0.4) is 0 Å². The molecule has 6 heteroatoms. The highest BCUT2D eigenvalue weighted by Gasteiger charge is 2.29. The van der Waals surface area contributed by atoms with E-state index in [9.17, 15) is 9.59 Å². The quantitative estimate of drug-likeness (QED) is 0.730. The Labute approximate surface area is 143 Å². The third-order valence-corrected chi connectivity index (χ3v) is 4.09. The van der Waals surface area contributed by atoms with E-state index in [1.807, 2.05) is 32.0 Å². The molecule has 0 bridgehead atoms. The highest BCUT2D eigenvalue weighted by molar-refractivity contribution is 5.83. The maximum atomic E-state index is 12.3. The van der Waals surface area contributed by atoms with Crippen molar-refractivity contribution in [2.75, 3.05) is 26.2 Å². The SMILES string of the molecule is CC(C)OCCNC(=O)[C@H]1CCC(=O)N(CCc2ccccn2)C1. The summed E-state index contributed by atoms with van der Waals surface area (Å²) in [6.45, 7) is 6.05. The van der Waals surface area contributed by atoms with Crippen molar-refractivity contribution in [1.82, 2.24) is 15.2 Å². The Bertz CT molecular complexity index is 534. The van der Waals surface area contributed by atoms with Crippen LogP contribution in [-0.2, 0) is 20.7 Å². The van der Waals surface area contributed by atoms with Crippen molar-refractivity contribution >= 4 is 11.8 Å². The first kappa shape index (κ1) is 18.4. The van der Waals surface area contributed by atoms with Gasteiger partial charge in [-0.05, 0) is 32.4 Å². The van der Waals surface area contributed by atoms with Crippen LogP contribution in [0.1, 0.15) is 32.4 Å². The van der Waals surface area contributed by atoms with E-state index in [-0.39, 0.29) is 23.8 Å². The Morgan fingerprint density at radius 3 is 3.00 bits per heavy atom. The van der Waals surface area contributed by atoms with Gasteiger partial charge in [0.1, 0.15) is 0 Å². The molecule has 24 heavy (non-hydrogen) atoms. The number of hydrogen-bond donors (Lipinski definition) is 1. The van der Waals surface area contributed by atoms with Crippen LogP contribution in [0.5, 0.6) is 0 Å². The average molecular weight is 333 g/mol. The van der Waals surface area contributed by atoms with Crippen LogP contribution < -0.4 is 5.32 Å². The predicted octanol–water partition coefficient (Wildman–Crippen LogP) is 1.40. The molecule has 1 aliphatic heterocycles. The molecule has 2 rings (SSSR count). The van der Waals surface area contributed by atoms with E-state index in [1.165, 1.54) is 0 Å². The van der Waals surface area contributed by atoms with Crippen LogP contribution in [0.15, 0.2) is 24.4 Å². The van der Waals surface area contributed by atoms with Gasteiger partial charge in [-0.1, -0.05) is 6.07 Å². The molecule has 0 saturated carbocycles. The van der Waals surface area contributed by atoms with Gasteiger partial charge in [0.15, 0.2) is 0 Å². The fraction of sp³-hybridized carbons (Fsp3) is 0.611. The van der Waals surface area contributed by atoms with Gasteiger partial charge >= 0.3 is 0 Å². The summed E-state index contributed by atoms with van der Waals surface area (Å²) in [5.74, 6) is 0.00120. The number of ether oxygens (including phenoxy) is 1. The zero-order chi connectivity index (χ0) is 17.4. The summed E-state index contributed by atoms with van der Waals surface area (Å²) in [5, 5.41) is 2.90. The lowest BCUT2D eigenvalue weighted by molar-refractivity contribution is -0.138. The standard InChI is InChI=1S/C18H27N3O3/c1-14(2)24-12-10-20-18(23)15-6-7-17(22)21(13-15)11-8-16-5-3-4-9-19-16/h3-5,9,14-15H,6-8,10-13H2,1-2H3,(H,20,23)/t15-/m0/s1. The highest BCUT2D eigenvalue weighted by atomic mass is 16.5. The third-order valence-electron chi connectivity index (χ3n) is 4.09. The lowest BCUT2D eigenvalue weighted by atomic mass is 9.96. The first-order chi connectivity index (χ1) is 11.6. The Hall–Kier alpha value is -1.95. The highest BCUT2D eigenvalue weighted by Crippen LogP contribution is 2.18. The molecule has 1 saturated heterocycles. The molecule has 2 heterocycles. The summed E-state index contributed by atoms with van der Waals surface area (Å²) >= 11 is 0. The van der Waals surface area contributed by atoms with Crippen LogP contribution in [-0.4, -0.2) is 54.0 Å². The molecule has 1 fully saturated rings. The molecular weight excluding hydrogens is 306 g/mol. The summed E-state index contributed by atoms with van der Waals surface area (Å²) in [5.41, 5.74) is 0.961. The Morgan fingerprint density at radius 2 is 2.29 bits per heavy atom. The van der Waals surface area contributed by atoms with E-state index in [0.29, 0.717) is 45.5 Å². The minimum atomic E-state index is -0.134. The molecule has 0 unspecified atom stereocenters. The van der Waals surface area contributed by atoms with Crippen LogP contribution in [0.4, 0.5) is 0 Å². The molecule has 132 valence electrons. The zero-order valence-electron chi connectivity index (χ0n) is 14.5. The number of hydrogen-bond acceptors (Lipinski definition) is 4. The largest absolute Gasteiger partial charge is 0.377 e. The van der Waals surface area contributed by atoms with Gasteiger partial charge in [-0.25, -0.2) is 0 Å². The second-order valence-corrected chi connectivity index (χ2v) is 6.36. The number of nitrogens with zero attached hydrogens (tertiary/aromatic N) is 2. The van der Waals surface area contributed by atoms with Gasteiger partial charge in [-0.3, -0.25) is 14.6 Å². The fourth-order valence-corrected chi connectivity index (χ4v) is 2.75. The van der Waals surface area contributed by atoms with Crippen LogP contribution in [0, 0.1) is 5.92 Å². The predicted molar refractivity (Wildman–Crippen MR) is 91.3 cm³/mol. The molecule has 2 amide bonds. The minimum Gasteiger partial charge on any atom is -0.377 e. The van der Waals surface area contributed by atoms with Crippen molar-refractivity contribution in [3.63, 3.8) is 0 Å². The van der Waals surface area contributed by atoms with E-state index >= 15 is 0 Å². The lowest BCUT2D eigenvalue weighted by Crippen LogP contribution is -2.46. The Kier molecular flexibility index (Phi) is 7.18. The Balaban J connectivity index is 1.77. The topological polar surface area (TPSA) is 71.5 Å².